The molecule has 0 aliphatic rings. The number of fused-ring (bicyclic) bond motifs is 1. The third-order valence-electron chi connectivity index (χ3n) is 2.67. The summed E-state index contributed by atoms with van der Waals surface area (Å²) in [6.07, 6.45) is -3.62. The number of benzene rings is 1. The predicted molar refractivity (Wildman–Crippen MR) is 67.6 cm³/mol. The van der Waals surface area contributed by atoms with Crippen LogP contribution in [0.3, 0.4) is 0 Å². The van der Waals surface area contributed by atoms with E-state index in [9.17, 15) is 21.6 Å². The van der Waals surface area contributed by atoms with Gasteiger partial charge >= 0.3 is 6.18 Å². The van der Waals surface area contributed by atoms with E-state index in [2.05, 4.69) is 0 Å². The minimum Gasteiger partial charge on any atom is -0.496 e. The summed E-state index contributed by atoms with van der Waals surface area (Å²) in [6.45, 7) is -1.32. The summed E-state index contributed by atoms with van der Waals surface area (Å²) in [5.41, 5.74) is 0.0842. The fourth-order valence-electron chi connectivity index (χ4n) is 1.96. The van der Waals surface area contributed by atoms with Crippen LogP contribution in [0.15, 0.2) is 29.3 Å². The number of hydrogen-bond acceptors (Lipinski definition) is 3. The van der Waals surface area contributed by atoms with Crippen LogP contribution in [0.5, 0.6) is 5.75 Å². The molecule has 1 heterocycles. The van der Waals surface area contributed by atoms with Crippen LogP contribution in [0.25, 0.3) is 10.9 Å². The van der Waals surface area contributed by atoms with E-state index in [-0.39, 0.29) is 16.7 Å². The molecular weight excluding hydrogens is 319 g/mol. The lowest BCUT2D eigenvalue weighted by Crippen LogP contribution is -2.16. The van der Waals surface area contributed by atoms with Gasteiger partial charge in [-0.05, 0) is 12.1 Å². The second kappa shape index (κ2) is 4.85. The van der Waals surface area contributed by atoms with Gasteiger partial charge in [-0.25, -0.2) is 8.42 Å². The summed E-state index contributed by atoms with van der Waals surface area (Å²) < 4.78 is 66.4. The van der Waals surface area contributed by atoms with Crippen molar-refractivity contribution in [3.63, 3.8) is 0 Å². The zero-order valence-electron chi connectivity index (χ0n) is 10.1. The molecule has 1 aromatic heterocycles. The third kappa shape index (κ3) is 2.85. The van der Waals surface area contributed by atoms with Gasteiger partial charge in [-0.15, -0.1) is 0 Å². The average Bonchev–Trinajstić information content (AvgIpc) is 2.66. The summed E-state index contributed by atoms with van der Waals surface area (Å²) in [6, 6.07) is 4.29. The highest BCUT2D eigenvalue weighted by Gasteiger charge is 2.31. The van der Waals surface area contributed by atoms with Gasteiger partial charge in [0.2, 0.25) is 0 Å². The Morgan fingerprint density at radius 2 is 2.00 bits per heavy atom. The number of alkyl halides is 3. The van der Waals surface area contributed by atoms with Crippen LogP contribution in [-0.4, -0.2) is 26.3 Å². The van der Waals surface area contributed by atoms with E-state index < -0.39 is 26.7 Å². The van der Waals surface area contributed by atoms with E-state index in [4.69, 9.17) is 15.4 Å². The van der Waals surface area contributed by atoms with Crippen molar-refractivity contribution in [3.05, 3.63) is 24.4 Å². The van der Waals surface area contributed by atoms with Gasteiger partial charge in [-0.1, -0.05) is 6.07 Å². The molecule has 0 spiro atoms. The molecule has 2 rings (SSSR count). The lowest BCUT2D eigenvalue weighted by Gasteiger charge is -2.09. The maximum Gasteiger partial charge on any atom is 0.406 e. The summed E-state index contributed by atoms with van der Waals surface area (Å²) in [4.78, 5) is -0.407. The minimum atomic E-state index is -4.48. The van der Waals surface area contributed by atoms with E-state index in [1.165, 1.54) is 25.3 Å². The molecular formula is C11H9ClF3NO3S. The molecule has 110 valence electrons. The van der Waals surface area contributed by atoms with Crippen LogP contribution in [0, 0.1) is 0 Å². The largest absolute Gasteiger partial charge is 0.496 e. The van der Waals surface area contributed by atoms with Gasteiger partial charge in [0.15, 0.2) is 0 Å². The molecule has 4 nitrogen and oxygen atoms in total. The number of rotatable bonds is 3. The highest BCUT2D eigenvalue weighted by atomic mass is 35.7. The smallest absolute Gasteiger partial charge is 0.406 e. The van der Waals surface area contributed by atoms with E-state index in [0.717, 1.165) is 10.8 Å². The monoisotopic (exact) mass is 327 g/mol. The lowest BCUT2D eigenvalue weighted by atomic mass is 10.2. The van der Waals surface area contributed by atoms with Crippen LogP contribution < -0.4 is 4.74 Å². The Morgan fingerprint density at radius 1 is 1.35 bits per heavy atom. The molecule has 0 amide bonds. The van der Waals surface area contributed by atoms with Gasteiger partial charge in [0, 0.05) is 16.9 Å². The molecule has 20 heavy (non-hydrogen) atoms. The summed E-state index contributed by atoms with van der Waals surface area (Å²) in [7, 11) is 2.37. The Morgan fingerprint density at radius 3 is 2.50 bits per heavy atom. The van der Waals surface area contributed by atoms with Crippen LogP contribution in [0.4, 0.5) is 13.2 Å². The van der Waals surface area contributed by atoms with Crippen LogP contribution >= 0.6 is 10.7 Å². The van der Waals surface area contributed by atoms with Crippen molar-refractivity contribution in [2.45, 2.75) is 17.6 Å². The first-order valence-corrected chi connectivity index (χ1v) is 7.61. The summed E-state index contributed by atoms with van der Waals surface area (Å²) in [5, 5.41) is 0.0363. The number of ether oxygens (including phenoxy) is 1. The molecule has 1 aromatic carbocycles. The van der Waals surface area contributed by atoms with Crippen molar-refractivity contribution in [2.75, 3.05) is 7.11 Å². The normalized spacial score (nSPS) is 12.8. The van der Waals surface area contributed by atoms with Gasteiger partial charge in [0.05, 0.1) is 18.0 Å². The first kappa shape index (κ1) is 15.0. The first-order valence-electron chi connectivity index (χ1n) is 5.31. The van der Waals surface area contributed by atoms with Gasteiger partial charge in [0.1, 0.15) is 17.2 Å². The van der Waals surface area contributed by atoms with Crippen LogP contribution in [0.2, 0.25) is 0 Å². The van der Waals surface area contributed by atoms with Crippen molar-refractivity contribution < 1.29 is 26.3 Å². The average molecular weight is 328 g/mol. The molecule has 0 saturated heterocycles. The molecule has 0 radical (unpaired) electrons. The van der Waals surface area contributed by atoms with Crippen LogP contribution in [0.1, 0.15) is 0 Å². The second-order valence-corrected chi connectivity index (χ2v) is 6.56. The highest BCUT2D eigenvalue weighted by molar-refractivity contribution is 8.14. The van der Waals surface area contributed by atoms with Gasteiger partial charge < -0.3 is 9.30 Å². The maximum atomic E-state index is 12.5. The second-order valence-electron chi connectivity index (χ2n) is 4.03. The Hall–Kier alpha value is -1.41. The fourth-order valence-corrected chi connectivity index (χ4v) is 3.01. The van der Waals surface area contributed by atoms with Gasteiger partial charge in [-0.3, -0.25) is 0 Å². The minimum absolute atomic E-state index is 0.0363. The molecule has 0 atom stereocenters. The molecule has 0 bridgehead atoms. The Balaban J connectivity index is 2.80. The molecule has 0 aliphatic carbocycles. The molecule has 0 N–H and O–H groups in total. The predicted octanol–water partition coefficient (Wildman–Crippen LogP) is 3.14. The number of halogens is 4. The Kier molecular flexibility index (Phi) is 3.64. The molecule has 2 aromatic rings. The lowest BCUT2D eigenvalue weighted by molar-refractivity contribution is -0.139. The van der Waals surface area contributed by atoms with E-state index in [1.807, 2.05) is 0 Å². The summed E-state index contributed by atoms with van der Waals surface area (Å²) >= 11 is 0. The number of aromatic nitrogens is 1. The molecule has 0 saturated carbocycles. The zero-order valence-corrected chi connectivity index (χ0v) is 11.7. The van der Waals surface area contributed by atoms with E-state index >= 15 is 0 Å². The number of methoxy groups -OCH3 is 1. The first-order chi connectivity index (χ1) is 9.13. The van der Waals surface area contributed by atoms with Crippen molar-refractivity contribution >= 4 is 30.6 Å². The van der Waals surface area contributed by atoms with Crippen molar-refractivity contribution in [3.8, 4) is 5.75 Å². The van der Waals surface area contributed by atoms with Crippen molar-refractivity contribution in [1.29, 1.82) is 0 Å². The third-order valence-corrected chi connectivity index (χ3v) is 4.00. The molecule has 0 unspecified atom stereocenters. The number of hydrogen-bond donors (Lipinski definition) is 0. The fraction of sp³-hybridized carbons (Fsp3) is 0.273. The zero-order chi connectivity index (χ0) is 15.1. The standard InChI is InChI=1S/C11H9ClF3NO3S/c1-19-8-4-2-3-7-10(8)9(20(12,17)18)5-16(7)6-11(13,14)15/h2-5H,6H2,1H3. The Labute approximate surface area is 117 Å². The molecule has 0 aliphatic heterocycles. The van der Waals surface area contributed by atoms with Crippen molar-refractivity contribution in [2.24, 2.45) is 0 Å². The maximum absolute atomic E-state index is 12.5. The van der Waals surface area contributed by atoms with Gasteiger partial charge in [-0.2, -0.15) is 13.2 Å². The topological polar surface area (TPSA) is 48.3 Å². The quantitative estimate of drug-likeness (QED) is 0.814. The summed E-state index contributed by atoms with van der Waals surface area (Å²) in [5.74, 6) is 0.141. The molecule has 9 heteroatoms. The van der Waals surface area contributed by atoms with E-state index in [0.29, 0.717) is 0 Å². The number of nitrogens with zero attached hydrogens (tertiary/aromatic N) is 1. The van der Waals surface area contributed by atoms with Gasteiger partial charge in [0.25, 0.3) is 9.05 Å². The van der Waals surface area contributed by atoms with Crippen molar-refractivity contribution in [1.82, 2.24) is 4.57 Å². The SMILES string of the molecule is COc1cccc2c1c(S(=O)(=O)Cl)cn2CC(F)(F)F. The van der Waals surface area contributed by atoms with E-state index in [1.54, 1.807) is 0 Å². The highest BCUT2D eigenvalue weighted by Crippen LogP contribution is 2.36. The molecule has 0 fully saturated rings. The van der Waals surface area contributed by atoms with Crippen LogP contribution in [-0.2, 0) is 15.6 Å². The Bertz CT molecular complexity index is 752.